The molecule has 0 fully saturated rings. The number of anilines is 1. The van der Waals surface area contributed by atoms with Crippen LogP contribution in [-0.4, -0.2) is 19.2 Å². The first kappa shape index (κ1) is 22.0. The van der Waals surface area contributed by atoms with Crippen molar-refractivity contribution < 1.29 is 13.9 Å². The molecule has 0 aliphatic heterocycles. The molecule has 0 bridgehead atoms. The maximum atomic E-state index is 13.6. The van der Waals surface area contributed by atoms with Crippen molar-refractivity contribution in [2.45, 2.75) is 27.3 Å². The van der Waals surface area contributed by atoms with Gasteiger partial charge in [-0.3, -0.25) is 0 Å². The van der Waals surface area contributed by atoms with E-state index in [2.05, 4.69) is 10.3 Å². The maximum absolute atomic E-state index is 13.6. The molecule has 0 unspecified atom stereocenters. The first-order valence-corrected chi connectivity index (χ1v) is 8.25. The Bertz CT molecular complexity index is 754. The summed E-state index contributed by atoms with van der Waals surface area (Å²) >= 11 is 0. The van der Waals surface area contributed by atoms with E-state index < -0.39 is 0 Å². The number of hydrogen-bond acceptors (Lipinski definition) is 3. The molecule has 0 radical (unpaired) electrons. The first-order valence-electron chi connectivity index (χ1n) is 8.25. The van der Waals surface area contributed by atoms with Crippen LogP contribution in [0.5, 0.6) is 11.5 Å². The van der Waals surface area contributed by atoms with Gasteiger partial charge in [0.25, 0.3) is 0 Å². The van der Waals surface area contributed by atoms with Crippen LogP contribution in [0.15, 0.2) is 41.4 Å². The fourth-order valence-electron chi connectivity index (χ4n) is 2.23. The molecule has 0 aliphatic rings. The molecule has 0 spiro atoms. The van der Waals surface area contributed by atoms with Gasteiger partial charge < -0.3 is 20.5 Å². The van der Waals surface area contributed by atoms with Crippen molar-refractivity contribution in [3.63, 3.8) is 0 Å². The van der Waals surface area contributed by atoms with Crippen molar-refractivity contribution in [1.29, 1.82) is 0 Å². The highest BCUT2D eigenvalue weighted by atomic mass is 127. The van der Waals surface area contributed by atoms with E-state index in [1.54, 1.807) is 13.0 Å². The fraction of sp³-hybridized carbons (Fsp3) is 0.316. The summed E-state index contributed by atoms with van der Waals surface area (Å²) in [6.45, 7) is 6.92. The van der Waals surface area contributed by atoms with Gasteiger partial charge in [0.05, 0.1) is 25.4 Å². The maximum Gasteiger partial charge on any atom is 0.193 e. The van der Waals surface area contributed by atoms with E-state index in [4.69, 9.17) is 15.2 Å². The largest absolute Gasteiger partial charge is 0.494 e. The fourth-order valence-corrected chi connectivity index (χ4v) is 2.23. The lowest BCUT2D eigenvalue weighted by atomic mass is 10.1. The number of aryl methyl sites for hydroxylation is 1. The highest BCUT2D eigenvalue weighted by Crippen LogP contribution is 2.29. The third kappa shape index (κ3) is 6.36. The summed E-state index contributed by atoms with van der Waals surface area (Å²) in [5, 5.41) is 3.02. The topological polar surface area (TPSA) is 68.9 Å². The number of nitrogens with two attached hydrogens (primary N) is 1. The molecule has 5 nitrogen and oxygen atoms in total. The second-order valence-electron chi connectivity index (χ2n) is 5.43. The van der Waals surface area contributed by atoms with Gasteiger partial charge in [-0.15, -0.1) is 24.0 Å². The molecule has 0 heterocycles. The van der Waals surface area contributed by atoms with Crippen LogP contribution in [0, 0.1) is 12.7 Å². The molecule has 0 atom stereocenters. The number of nitrogens with zero attached hydrogens (tertiary/aromatic N) is 1. The zero-order valence-electron chi connectivity index (χ0n) is 15.2. The van der Waals surface area contributed by atoms with Crippen molar-refractivity contribution in [2.75, 3.05) is 18.5 Å². The number of guanidine groups is 1. The molecule has 3 N–H and O–H groups in total. The monoisotopic (exact) mass is 473 g/mol. The molecule has 0 saturated carbocycles. The van der Waals surface area contributed by atoms with Crippen molar-refractivity contribution in [1.82, 2.24) is 0 Å². The van der Waals surface area contributed by atoms with Crippen LogP contribution in [-0.2, 0) is 6.54 Å². The smallest absolute Gasteiger partial charge is 0.193 e. The molecule has 2 aromatic carbocycles. The molecule has 0 saturated heterocycles. The molecule has 142 valence electrons. The van der Waals surface area contributed by atoms with Crippen molar-refractivity contribution in [3.8, 4) is 11.5 Å². The second-order valence-corrected chi connectivity index (χ2v) is 5.43. The minimum atomic E-state index is -0.248. The summed E-state index contributed by atoms with van der Waals surface area (Å²) in [7, 11) is 0. The van der Waals surface area contributed by atoms with E-state index in [0.717, 1.165) is 5.56 Å². The highest BCUT2D eigenvalue weighted by Gasteiger charge is 2.07. The summed E-state index contributed by atoms with van der Waals surface area (Å²) in [5.74, 6) is 1.34. The number of rotatable bonds is 7. The van der Waals surface area contributed by atoms with Gasteiger partial charge in [0, 0.05) is 6.07 Å². The summed E-state index contributed by atoms with van der Waals surface area (Å²) in [6, 6.07) is 10.5. The van der Waals surface area contributed by atoms with Gasteiger partial charge in [0.2, 0.25) is 0 Å². The van der Waals surface area contributed by atoms with Gasteiger partial charge in [-0.25, -0.2) is 9.38 Å². The van der Waals surface area contributed by atoms with E-state index in [-0.39, 0.29) is 42.3 Å². The average molecular weight is 473 g/mol. The molecule has 7 heteroatoms. The van der Waals surface area contributed by atoms with Gasteiger partial charge in [-0.1, -0.05) is 12.1 Å². The predicted octanol–water partition coefficient (Wildman–Crippen LogP) is 4.48. The van der Waals surface area contributed by atoms with E-state index in [0.29, 0.717) is 36.0 Å². The Labute approximate surface area is 170 Å². The van der Waals surface area contributed by atoms with Crippen molar-refractivity contribution in [3.05, 3.63) is 53.3 Å². The molecule has 0 aromatic heterocycles. The van der Waals surface area contributed by atoms with Crippen LogP contribution < -0.4 is 20.5 Å². The van der Waals surface area contributed by atoms with Gasteiger partial charge in [-0.2, -0.15) is 0 Å². The van der Waals surface area contributed by atoms with E-state index in [1.165, 1.54) is 6.07 Å². The summed E-state index contributed by atoms with van der Waals surface area (Å²) in [5.41, 5.74) is 7.99. The number of nitrogens with one attached hydrogen (secondary N) is 1. The average Bonchev–Trinajstić information content (AvgIpc) is 2.59. The Morgan fingerprint density at radius 2 is 1.85 bits per heavy atom. The van der Waals surface area contributed by atoms with Crippen molar-refractivity contribution >= 4 is 35.6 Å². The SMILES string of the molecule is CCOc1ccc(OCC)c(NC(N)=NCc2ccc(C)c(F)c2)c1.I. The molecule has 26 heavy (non-hydrogen) atoms. The second kappa shape index (κ2) is 10.8. The molecule has 2 rings (SSSR count). The van der Waals surface area contributed by atoms with Gasteiger partial charge in [-0.05, 0) is 50.1 Å². The Hall–Kier alpha value is -2.03. The first-order chi connectivity index (χ1) is 12.0. The highest BCUT2D eigenvalue weighted by molar-refractivity contribution is 14.0. The summed E-state index contributed by atoms with van der Waals surface area (Å²) < 4.78 is 24.7. The molecular weight excluding hydrogens is 448 g/mol. The molecule has 0 amide bonds. The van der Waals surface area contributed by atoms with Crippen LogP contribution in [0.25, 0.3) is 0 Å². The zero-order chi connectivity index (χ0) is 18.2. The molecule has 0 aliphatic carbocycles. The van der Waals surface area contributed by atoms with Gasteiger partial charge in [0.1, 0.15) is 17.3 Å². The van der Waals surface area contributed by atoms with Crippen LogP contribution in [0.2, 0.25) is 0 Å². The van der Waals surface area contributed by atoms with E-state index in [9.17, 15) is 4.39 Å². The lowest BCUT2D eigenvalue weighted by Gasteiger charge is -2.14. The van der Waals surface area contributed by atoms with Gasteiger partial charge in [0.15, 0.2) is 5.96 Å². The summed E-state index contributed by atoms with van der Waals surface area (Å²) in [4.78, 5) is 4.26. The standard InChI is InChI=1S/C19H24FN3O2.HI/c1-4-24-15-8-9-18(25-5-2)17(11-15)23-19(21)22-12-14-7-6-13(3)16(20)10-14;/h6-11H,4-5,12H2,1-3H3,(H3,21,22,23);1H. The number of ether oxygens (including phenoxy) is 2. The minimum Gasteiger partial charge on any atom is -0.494 e. The number of aliphatic imine (C=N–C) groups is 1. The van der Waals surface area contributed by atoms with Gasteiger partial charge >= 0.3 is 0 Å². The van der Waals surface area contributed by atoms with Crippen LogP contribution in [0.3, 0.4) is 0 Å². The Morgan fingerprint density at radius 1 is 1.12 bits per heavy atom. The quantitative estimate of drug-likeness (QED) is 0.354. The van der Waals surface area contributed by atoms with E-state index in [1.807, 2.05) is 38.1 Å². The number of benzene rings is 2. The third-order valence-electron chi connectivity index (χ3n) is 3.49. The van der Waals surface area contributed by atoms with Crippen LogP contribution >= 0.6 is 24.0 Å². The lowest BCUT2D eigenvalue weighted by Crippen LogP contribution is -2.23. The van der Waals surface area contributed by atoms with E-state index >= 15 is 0 Å². The van der Waals surface area contributed by atoms with Crippen LogP contribution in [0.1, 0.15) is 25.0 Å². The van der Waals surface area contributed by atoms with Crippen molar-refractivity contribution in [2.24, 2.45) is 10.7 Å². The number of halogens is 2. The third-order valence-corrected chi connectivity index (χ3v) is 3.49. The lowest BCUT2D eigenvalue weighted by molar-refractivity contribution is 0.332. The van der Waals surface area contributed by atoms with Crippen LogP contribution in [0.4, 0.5) is 10.1 Å². The molecule has 2 aromatic rings. The summed E-state index contributed by atoms with van der Waals surface area (Å²) in [6.07, 6.45) is 0. The predicted molar refractivity (Wildman–Crippen MR) is 114 cm³/mol. The minimum absolute atomic E-state index is 0. The Balaban J connectivity index is 0.00000338. The normalized spacial score (nSPS) is 10.8. The Kier molecular flexibility index (Phi) is 9.18. The molecular formula is C19H25FIN3O2. The number of hydrogen-bond donors (Lipinski definition) is 2. The Morgan fingerprint density at radius 3 is 2.50 bits per heavy atom. The zero-order valence-corrected chi connectivity index (χ0v) is 17.5.